The zero-order valence-corrected chi connectivity index (χ0v) is 71.9. The molecule has 24 bridgehead atoms. The van der Waals surface area contributed by atoms with Gasteiger partial charge in [0.15, 0.2) is 48.8 Å². The standard InChI is InChI=1S/2C13H16O3.2C12H14O4.C11H12O5.C7H8O4.C7H8O3S.C3H8.6C2H6/c2*14-13-15-11-7-4-8(12(11)16-13)10-6-2-1-5(3-6)9(7)10;13-12-15-10-4-3-5(11(10)16-12)9-7-2-1-6(14-7)8(4)9;13-12-15-10-8-6-4-1-2-5(3-4)7(6)9(14-8)11(10)16-12;12-11-15-9-7-5-3-1-2-4(13-3)6(5)8(14-7)10(9)16-11;8-7-10-5-3-1-2-4(9-3)6(5)11-7;8-7-9-5-3-1-2-4(11-3)6(5)10-7;1-3-2;6*1-2/h2*5-12H,1-4H2;2*4-11H,1-3H2;3-10H,1-2H2;2*3-6H,1-2H2;3H2,1-2H3;6*1-2H3. The molecule has 31 rings (SSSR count). The lowest BCUT2D eigenvalue weighted by Gasteiger charge is -2.38. The molecule has 12 aliphatic carbocycles. The summed E-state index contributed by atoms with van der Waals surface area (Å²) in [4.78, 5) is 77.4. The number of hydrogen-bond acceptors (Lipinski definition) is 27. The van der Waals surface area contributed by atoms with Gasteiger partial charge < -0.3 is 90.0 Å². The lowest BCUT2D eigenvalue weighted by atomic mass is 9.69. The van der Waals surface area contributed by atoms with Gasteiger partial charge in [-0.3, -0.25) is 0 Å². The topological polar surface area (TPSA) is 295 Å². The normalized spacial score (nSPS) is 54.3. The molecule has 19 saturated heterocycles. The van der Waals surface area contributed by atoms with Crippen molar-refractivity contribution in [1.29, 1.82) is 0 Å². The second-order valence-corrected chi connectivity index (χ2v) is 38.9. The molecular formula is C90H132O26S. The van der Waals surface area contributed by atoms with Crippen LogP contribution in [0.25, 0.3) is 0 Å². The highest BCUT2D eigenvalue weighted by Gasteiger charge is 2.77. The van der Waals surface area contributed by atoms with E-state index in [1.807, 2.05) is 94.8 Å². The Morgan fingerprint density at radius 3 is 0.692 bits per heavy atom. The molecule has 0 aromatic carbocycles. The molecule has 0 N–H and O–H groups in total. The average Bonchev–Trinajstić information content (AvgIpc) is 1.55. The summed E-state index contributed by atoms with van der Waals surface area (Å²) in [5.41, 5.74) is 0. The van der Waals surface area contributed by atoms with Crippen LogP contribution in [0.15, 0.2) is 0 Å². The van der Waals surface area contributed by atoms with E-state index in [0.717, 1.165) is 84.9 Å². The number of carbonyl (C=O) groups is 7. The lowest BCUT2D eigenvalue weighted by Crippen LogP contribution is -2.48. The minimum Gasteiger partial charge on any atom is -0.427 e. The summed E-state index contributed by atoms with van der Waals surface area (Å²) < 4.78 is 102. The average molecular weight is 1660 g/mol. The van der Waals surface area contributed by atoms with Crippen LogP contribution in [0.1, 0.15) is 232 Å². The number of thioether (sulfide) groups is 1. The summed E-state index contributed by atoms with van der Waals surface area (Å²) in [5.74, 6) is 16.0. The van der Waals surface area contributed by atoms with Crippen LogP contribution >= 0.6 is 11.8 Å². The van der Waals surface area contributed by atoms with Gasteiger partial charge in [0.2, 0.25) is 0 Å². The van der Waals surface area contributed by atoms with E-state index in [1.165, 1.54) is 109 Å². The monoisotopic (exact) mass is 1660 g/mol. The van der Waals surface area contributed by atoms with Crippen LogP contribution in [0.3, 0.4) is 0 Å². The molecule has 0 amide bonds. The van der Waals surface area contributed by atoms with Crippen LogP contribution in [-0.2, 0) is 90.0 Å². The molecule has 26 nitrogen and oxygen atoms in total. The molecule has 19 aliphatic heterocycles. The Balaban J connectivity index is 0.0000000920. The third-order valence-electron chi connectivity index (χ3n) is 33.6. The number of fused-ring (bicyclic) bond motifs is 70. The molecule has 31 fully saturated rings. The molecule has 48 atom stereocenters. The SMILES string of the molecule is CC.CC.CC.CC.CC.CC.CCC.O=C1OC2C(O1)C1OC2C2C3CCC(C3)C12.O=C1OC2C(O1)C1OC2C2C3CCC(O3)C12.O=C1OC2C3CC(C2O1)C1C2CCC(C2)C31.O=C1OC2C3CC(C2O1)C1C2CCC(C2)C31.O=C1OC2C3CC(C2O1)C1C2CCC(O2)C31.O=C1OC2C3CCC(O3)C2O1.O=C1OC2C3CCC(S3)C2O1. The molecule has 0 spiro atoms. The first-order valence-electron chi connectivity index (χ1n) is 47.3. The Hall–Kier alpha value is -4.96. The first kappa shape index (κ1) is 83.0. The predicted molar refractivity (Wildman–Crippen MR) is 418 cm³/mol. The van der Waals surface area contributed by atoms with Gasteiger partial charge in [0.25, 0.3) is 0 Å². The molecule has 654 valence electrons. The Kier molecular flexibility index (Phi) is 23.6. The molecule has 0 aromatic heterocycles. The molecular weight excluding hydrogens is 1530 g/mol. The van der Waals surface area contributed by atoms with Crippen LogP contribution in [0.2, 0.25) is 0 Å². The van der Waals surface area contributed by atoms with Crippen LogP contribution in [0.5, 0.6) is 0 Å². The van der Waals surface area contributed by atoms with Gasteiger partial charge in [-0.1, -0.05) is 103 Å². The van der Waals surface area contributed by atoms with Crippen molar-refractivity contribution in [3.05, 3.63) is 0 Å². The van der Waals surface area contributed by atoms with Crippen molar-refractivity contribution in [1.82, 2.24) is 0 Å². The van der Waals surface area contributed by atoms with E-state index in [2.05, 4.69) is 13.8 Å². The van der Waals surface area contributed by atoms with Gasteiger partial charge >= 0.3 is 43.1 Å². The van der Waals surface area contributed by atoms with Gasteiger partial charge in [0, 0.05) is 57.8 Å². The Bertz CT molecular complexity index is 2960. The summed E-state index contributed by atoms with van der Waals surface area (Å²) in [5, 5.41) is 1.05. The van der Waals surface area contributed by atoms with Crippen LogP contribution in [0, 0.1) is 130 Å². The Morgan fingerprint density at radius 1 is 0.205 bits per heavy atom. The molecule has 0 radical (unpaired) electrons. The largest absolute Gasteiger partial charge is 0.509 e. The van der Waals surface area contributed by atoms with Crippen molar-refractivity contribution in [2.45, 2.75) is 389 Å². The summed E-state index contributed by atoms with van der Waals surface area (Å²) in [6.07, 6.45) is 25.5. The smallest absolute Gasteiger partial charge is 0.427 e. The van der Waals surface area contributed by atoms with Gasteiger partial charge in [0.1, 0.15) is 61.0 Å². The Labute approximate surface area is 694 Å². The van der Waals surface area contributed by atoms with Gasteiger partial charge in [0.05, 0.1) is 36.6 Å². The van der Waals surface area contributed by atoms with E-state index >= 15 is 0 Å². The highest BCUT2D eigenvalue weighted by Crippen LogP contribution is 2.72. The molecule has 19 heterocycles. The van der Waals surface area contributed by atoms with Gasteiger partial charge in [-0.15, -0.1) is 11.8 Å². The summed E-state index contributed by atoms with van der Waals surface area (Å²) in [6.45, 7) is 28.2. The molecule has 0 aromatic rings. The zero-order valence-electron chi connectivity index (χ0n) is 71.1. The predicted octanol–water partition coefficient (Wildman–Crippen LogP) is 16.7. The molecule has 117 heavy (non-hydrogen) atoms. The zero-order chi connectivity index (χ0) is 81.7. The molecule has 27 heteroatoms. The maximum Gasteiger partial charge on any atom is 0.509 e. The van der Waals surface area contributed by atoms with Gasteiger partial charge in [-0.2, -0.15) is 0 Å². The van der Waals surface area contributed by atoms with E-state index in [0.29, 0.717) is 106 Å². The quantitative estimate of drug-likeness (QED) is 0.124. The number of ether oxygens (including phenoxy) is 19. The van der Waals surface area contributed by atoms with Gasteiger partial charge in [-0.25, -0.2) is 33.6 Å². The van der Waals surface area contributed by atoms with Crippen molar-refractivity contribution in [2.75, 3.05) is 0 Å². The van der Waals surface area contributed by atoms with E-state index in [-0.39, 0.29) is 122 Å². The van der Waals surface area contributed by atoms with Gasteiger partial charge in [-0.05, 0) is 211 Å². The number of hydrogen-bond donors (Lipinski definition) is 0. The minimum atomic E-state index is -0.528. The van der Waals surface area contributed by atoms with Crippen LogP contribution in [0.4, 0.5) is 33.6 Å². The van der Waals surface area contributed by atoms with Crippen molar-refractivity contribution < 1.29 is 124 Å². The van der Waals surface area contributed by atoms with E-state index in [9.17, 15) is 33.6 Å². The lowest BCUT2D eigenvalue weighted by molar-refractivity contribution is -0.0317. The Morgan fingerprint density at radius 2 is 0.410 bits per heavy atom. The van der Waals surface area contributed by atoms with E-state index < -0.39 is 43.1 Å². The van der Waals surface area contributed by atoms with E-state index in [1.54, 1.807) is 0 Å². The minimum absolute atomic E-state index is 0.0155. The third-order valence-corrected chi connectivity index (χ3v) is 35.4. The fourth-order valence-corrected chi connectivity index (χ4v) is 33.0. The van der Waals surface area contributed by atoms with Crippen LogP contribution in [-0.4, -0.2) is 200 Å². The first-order chi connectivity index (χ1) is 57.2. The van der Waals surface area contributed by atoms with Crippen molar-refractivity contribution in [3.8, 4) is 0 Å². The van der Waals surface area contributed by atoms with Crippen LogP contribution < -0.4 is 0 Å². The summed E-state index contributed by atoms with van der Waals surface area (Å²) >= 11 is 1.92. The molecule has 12 saturated carbocycles. The fourth-order valence-electron chi connectivity index (χ4n) is 31.2. The fraction of sp³-hybridized carbons (Fsp3) is 0.922. The van der Waals surface area contributed by atoms with Crippen molar-refractivity contribution >= 4 is 54.8 Å². The molecule has 48 unspecified atom stereocenters. The molecule has 31 aliphatic rings. The third kappa shape index (κ3) is 13.1. The number of rotatable bonds is 0. The summed E-state index contributed by atoms with van der Waals surface area (Å²) in [6, 6.07) is 0. The maximum absolute atomic E-state index is 11.2. The maximum atomic E-state index is 11.2. The summed E-state index contributed by atoms with van der Waals surface area (Å²) in [7, 11) is 0. The number of carbonyl (C=O) groups excluding carboxylic acids is 7. The van der Waals surface area contributed by atoms with E-state index in [4.69, 9.17) is 90.0 Å². The second-order valence-electron chi connectivity index (χ2n) is 37.4. The highest BCUT2D eigenvalue weighted by molar-refractivity contribution is 8.01. The highest BCUT2D eigenvalue weighted by atomic mass is 32.2. The van der Waals surface area contributed by atoms with Crippen molar-refractivity contribution in [2.24, 2.45) is 130 Å². The first-order valence-corrected chi connectivity index (χ1v) is 48.2. The van der Waals surface area contributed by atoms with Crippen molar-refractivity contribution in [3.63, 3.8) is 0 Å². The second kappa shape index (κ2) is 33.3.